The Labute approximate surface area is 190 Å². The van der Waals surface area contributed by atoms with Crippen molar-refractivity contribution in [2.75, 3.05) is 6.61 Å². The first kappa shape index (κ1) is 29.8. The molecule has 0 aromatic heterocycles. The number of aliphatic carboxylic acids is 1. The number of carboxylic acid groups (broad SMARTS) is 1. The van der Waals surface area contributed by atoms with Gasteiger partial charge in [-0.2, -0.15) is 0 Å². The Balaban J connectivity index is 4.03. The van der Waals surface area contributed by atoms with E-state index >= 15 is 0 Å². The van der Waals surface area contributed by atoms with Gasteiger partial charge >= 0.3 is 13.8 Å². The molecule has 0 saturated carbocycles. The summed E-state index contributed by atoms with van der Waals surface area (Å²) in [6.45, 7) is 1.38. The number of rotatable bonds is 18. The maximum Gasteiger partial charge on any atom is 0.469 e. The topological polar surface area (TPSA) is 133 Å². The van der Waals surface area contributed by atoms with Crippen molar-refractivity contribution in [2.24, 2.45) is 0 Å². The summed E-state index contributed by atoms with van der Waals surface area (Å²) in [5.74, 6) is -2.20. The van der Waals surface area contributed by atoms with Gasteiger partial charge in [-0.15, -0.1) is 0 Å². The van der Waals surface area contributed by atoms with Gasteiger partial charge in [0.25, 0.3) is 0 Å². The van der Waals surface area contributed by atoms with Gasteiger partial charge in [-0.25, -0.2) is 9.36 Å². The summed E-state index contributed by atoms with van der Waals surface area (Å²) in [5.41, 5.74) is 0. The maximum absolute atomic E-state index is 11.7. The van der Waals surface area contributed by atoms with Crippen LogP contribution >= 0.6 is 7.82 Å². The van der Waals surface area contributed by atoms with E-state index in [0.29, 0.717) is 0 Å². The van der Waals surface area contributed by atoms with Crippen LogP contribution in [0.3, 0.4) is 0 Å². The number of carbonyl (C=O) groups is 2. The molecule has 32 heavy (non-hydrogen) atoms. The van der Waals surface area contributed by atoms with Crippen LogP contribution in [0.25, 0.3) is 0 Å². The first-order chi connectivity index (χ1) is 15.3. The molecule has 0 aliphatic heterocycles. The van der Waals surface area contributed by atoms with E-state index in [1.54, 1.807) is 18.2 Å². The minimum absolute atomic E-state index is 0.730. The monoisotopic (exact) mass is 469 g/mol. The van der Waals surface area contributed by atoms with Crippen molar-refractivity contribution in [1.29, 1.82) is 0 Å². The van der Waals surface area contributed by atoms with E-state index in [1.165, 1.54) is 51.0 Å². The number of hydrogen-bond donors (Lipinski definition) is 4. The molecular weight excluding hydrogens is 433 g/mol. The molecular formula is C23H36NO7P. The SMILES string of the molecule is CCCCCCCCCC=CC=CC=CC=CC=CC(=O)N[C@@H](COP(=O)(O)O)C(=O)O. The predicted molar refractivity (Wildman–Crippen MR) is 126 cm³/mol. The molecule has 0 unspecified atom stereocenters. The lowest BCUT2D eigenvalue weighted by Crippen LogP contribution is -2.43. The normalized spacial score (nSPS) is 13.8. The number of hydrogen-bond acceptors (Lipinski definition) is 4. The summed E-state index contributed by atoms with van der Waals surface area (Å²) in [6, 6.07) is -1.58. The number of unbranched alkanes of at least 4 members (excludes halogenated alkanes) is 7. The van der Waals surface area contributed by atoms with Gasteiger partial charge in [-0.05, 0) is 12.8 Å². The zero-order valence-corrected chi connectivity index (χ0v) is 19.5. The number of amides is 1. The quantitative estimate of drug-likeness (QED) is 0.0999. The Morgan fingerprint density at radius 1 is 0.875 bits per heavy atom. The van der Waals surface area contributed by atoms with Gasteiger partial charge in [-0.1, -0.05) is 100 Å². The van der Waals surface area contributed by atoms with Gasteiger partial charge < -0.3 is 20.2 Å². The molecule has 0 rings (SSSR count). The van der Waals surface area contributed by atoms with Crippen LogP contribution in [0.5, 0.6) is 0 Å². The van der Waals surface area contributed by atoms with E-state index in [4.69, 9.17) is 14.9 Å². The highest BCUT2D eigenvalue weighted by atomic mass is 31.2. The second kappa shape index (κ2) is 19.4. The zero-order valence-electron chi connectivity index (χ0n) is 18.6. The van der Waals surface area contributed by atoms with Gasteiger partial charge in [0.1, 0.15) is 0 Å². The van der Waals surface area contributed by atoms with Crippen molar-refractivity contribution >= 4 is 19.7 Å². The Kier molecular flexibility index (Phi) is 18.1. The number of carbonyl (C=O) groups excluding carboxylic acids is 1. The largest absolute Gasteiger partial charge is 0.480 e. The lowest BCUT2D eigenvalue weighted by atomic mass is 10.1. The Hall–Kier alpha value is -2.25. The van der Waals surface area contributed by atoms with E-state index in [9.17, 15) is 14.2 Å². The summed E-state index contributed by atoms with van der Waals surface area (Å²) in [4.78, 5) is 39.8. The van der Waals surface area contributed by atoms with Crippen LogP contribution < -0.4 is 5.32 Å². The zero-order chi connectivity index (χ0) is 24.1. The molecule has 1 atom stereocenters. The van der Waals surface area contributed by atoms with Crippen LogP contribution in [0.4, 0.5) is 0 Å². The van der Waals surface area contributed by atoms with E-state index in [-0.39, 0.29) is 0 Å². The fourth-order valence-corrected chi connectivity index (χ4v) is 2.83. The number of phosphoric ester groups is 1. The van der Waals surface area contributed by atoms with E-state index in [1.807, 2.05) is 24.3 Å². The number of nitrogens with one attached hydrogen (secondary N) is 1. The highest BCUT2D eigenvalue weighted by molar-refractivity contribution is 7.46. The Morgan fingerprint density at radius 3 is 1.97 bits per heavy atom. The Bertz CT molecular complexity index is 720. The number of carboxylic acids is 1. The van der Waals surface area contributed by atoms with Crippen LogP contribution in [0.2, 0.25) is 0 Å². The first-order valence-electron chi connectivity index (χ1n) is 10.8. The summed E-state index contributed by atoms with van der Waals surface area (Å²) in [7, 11) is -4.82. The molecule has 0 saturated heterocycles. The van der Waals surface area contributed by atoms with Crippen LogP contribution in [-0.2, 0) is 18.7 Å². The van der Waals surface area contributed by atoms with Crippen molar-refractivity contribution in [2.45, 2.75) is 64.3 Å². The minimum atomic E-state index is -4.82. The highest BCUT2D eigenvalue weighted by Gasteiger charge is 2.24. The van der Waals surface area contributed by atoms with Gasteiger partial charge in [0.2, 0.25) is 5.91 Å². The standard InChI is InChI=1S/C23H36NO7P/c1-2-3-4-5-6-7-8-9-10-11-12-13-14-15-16-17-18-19-22(25)24-21(23(26)27)20-31-32(28,29)30/h10-19,21H,2-9,20H2,1H3,(H,24,25)(H,26,27)(H2,28,29,30)/t21-/m0/s1. The van der Waals surface area contributed by atoms with Crippen molar-refractivity contribution in [3.05, 3.63) is 60.8 Å². The second-order valence-electron chi connectivity index (χ2n) is 7.04. The lowest BCUT2D eigenvalue weighted by Gasteiger charge is -2.13. The molecule has 9 heteroatoms. The molecule has 0 aliphatic carbocycles. The summed E-state index contributed by atoms with van der Waals surface area (Å²) < 4.78 is 14.7. The molecule has 1 amide bonds. The van der Waals surface area contributed by atoms with Crippen molar-refractivity contribution in [3.63, 3.8) is 0 Å². The average Bonchev–Trinajstić information content (AvgIpc) is 2.72. The molecule has 0 radical (unpaired) electrons. The summed E-state index contributed by atoms with van der Waals surface area (Å²) in [6.07, 6.45) is 27.6. The van der Waals surface area contributed by atoms with Crippen LogP contribution in [0.15, 0.2) is 60.8 Å². The number of allylic oxidation sites excluding steroid dienone is 9. The van der Waals surface area contributed by atoms with E-state index in [0.717, 1.165) is 12.5 Å². The molecule has 8 nitrogen and oxygen atoms in total. The minimum Gasteiger partial charge on any atom is -0.480 e. The summed E-state index contributed by atoms with van der Waals surface area (Å²) >= 11 is 0. The second-order valence-corrected chi connectivity index (χ2v) is 8.28. The maximum atomic E-state index is 11.7. The van der Waals surface area contributed by atoms with Gasteiger partial charge in [0.15, 0.2) is 6.04 Å². The molecule has 0 bridgehead atoms. The Morgan fingerprint density at radius 2 is 1.41 bits per heavy atom. The molecule has 180 valence electrons. The average molecular weight is 470 g/mol. The molecule has 0 spiro atoms. The fourth-order valence-electron chi connectivity index (χ4n) is 2.49. The van der Waals surface area contributed by atoms with Gasteiger partial charge in [0.05, 0.1) is 6.61 Å². The molecule has 0 aromatic carbocycles. The number of phosphoric acid groups is 1. The molecule has 0 heterocycles. The van der Waals surface area contributed by atoms with Crippen molar-refractivity contribution in [3.8, 4) is 0 Å². The van der Waals surface area contributed by atoms with Crippen molar-refractivity contribution in [1.82, 2.24) is 5.32 Å². The predicted octanol–water partition coefficient (Wildman–Crippen LogP) is 4.59. The van der Waals surface area contributed by atoms with Crippen LogP contribution in [0, 0.1) is 0 Å². The van der Waals surface area contributed by atoms with Crippen LogP contribution in [-0.4, -0.2) is 39.4 Å². The smallest absolute Gasteiger partial charge is 0.469 e. The van der Waals surface area contributed by atoms with Crippen molar-refractivity contribution < 1.29 is 33.6 Å². The molecule has 4 N–H and O–H groups in total. The third-order valence-electron chi connectivity index (χ3n) is 4.16. The van der Waals surface area contributed by atoms with Gasteiger partial charge in [-0.3, -0.25) is 9.32 Å². The third-order valence-corrected chi connectivity index (χ3v) is 4.65. The molecule has 0 aromatic rings. The third kappa shape index (κ3) is 21.0. The summed E-state index contributed by atoms with van der Waals surface area (Å²) in [5, 5.41) is 11.0. The first-order valence-corrected chi connectivity index (χ1v) is 12.4. The fraction of sp³-hybridized carbons (Fsp3) is 0.478. The van der Waals surface area contributed by atoms with E-state index < -0.39 is 32.3 Å². The highest BCUT2D eigenvalue weighted by Crippen LogP contribution is 2.35. The van der Waals surface area contributed by atoms with E-state index in [2.05, 4.69) is 22.8 Å². The molecule has 0 fully saturated rings. The van der Waals surface area contributed by atoms with Crippen LogP contribution in [0.1, 0.15) is 58.3 Å². The molecule has 0 aliphatic rings. The lowest BCUT2D eigenvalue weighted by molar-refractivity contribution is -0.142. The van der Waals surface area contributed by atoms with Gasteiger partial charge in [0, 0.05) is 6.08 Å².